The number of fused-ring (bicyclic) bond motifs is 1. The van der Waals surface area contributed by atoms with Crippen molar-refractivity contribution in [3.05, 3.63) is 57.8 Å². The molecule has 21 heavy (non-hydrogen) atoms. The Bertz CT molecular complexity index is 816. The molecule has 0 bridgehead atoms. The van der Waals surface area contributed by atoms with E-state index in [9.17, 15) is 0 Å². The van der Waals surface area contributed by atoms with Crippen molar-refractivity contribution in [1.29, 1.82) is 0 Å². The van der Waals surface area contributed by atoms with E-state index in [4.69, 9.17) is 16.0 Å². The van der Waals surface area contributed by atoms with E-state index in [-0.39, 0.29) is 0 Å². The topological polar surface area (TPSA) is 13.1 Å². The van der Waals surface area contributed by atoms with E-state index in [2.05, 4.69) is 26.8 Å². The molecule has 0 saturated heterocycles. The van der Waals surface area contributed by atoms with Gasteiger partial charge >= 0.3 is 0 Å². The van der Waals surface area contributed by atoms with E-state index in [0.29, 0.717) is 0 Å². The number of furan rings is 1. The second-order valence-electron chi connectivity index (χ2n) is 5.38. The molecule has 1 aromatic heterocycles. The predicted molar refractivity (Wildman–Crippen MR) is 90.7 cm³/mol. The molecule has 3 aromatic rings. The van der Waals surface area contributed by atoms with Crippen molar-refractivity contribution in [2.45, 2.75) is 37.5 Å². The van der Waals surface area contributed by atoms with Gasteiger partial charge in [-0.25, -0.2) is 0 Å². The number of halogens is 1. The molecule has 0 saturated carbocycles. The van der Waals surface area contributed by atoms with Crippen LogP contribution in [0.5, 0.6) is 0 Å². The summed E-state index contributed by atoms with van der Waals surface area (Å²) < 4.78 is 6.04. The third-order valence-corrected chi connectivity index (χ3v) is 5.28. The van der Waals surface area contributed by atoms with Crippen LogP contribution in [0, 0.1) is 27.7 Å². The summed E-state index contributed by atoms with van der Waals surface area (Å²) >= 11 is 7.69. The van der Waals surface area contributed by atoms with Gasteiger partial charge in [-0.3, -0.25) is 0 Å². The lowest BCUT2D eigenvalue weighted by Crippen LogP contribution is -1.85. The van der Waals surface area contributed by atoms with Crippen LogP contribution in [-0.2, 0) is 0 Å². The summed E-state index contributed by atoms with van der Waals surface area (Å²) in [7, 11) is 0. The molecule has 0 aliphatic carbocycles. The molecule has 3 rings (SSSR count). The van der Waals surface area contributed by atoms with Gasteiger partial charge in [0.1, 0.15) is 11.3 Å². The molecule has 0 N–H and O–H groups in total. The second kappa shape index (κ2) is 5.43. The Kier molecular flexibility index (Phi) is 3.76. The van der Waals surface area contributed by atoms with Crippen LogP contribution in [0.25, 0.3) is 11.0 Å². The number of aryl methyl sites for hydroxylation is 4. The van der Waals surface area contributed by atoms with Crippen LogP contribution in [0.3, 0.4) is 0 Å². The molecular weight excluding hydrogens is 300 g/mol. The summed E-state index contributed by atoms with van der Waals surface area (Å²) in [6.45, 7) is 8.44. The average Bonchev–Trinajstić information content (AvgIpc) is 2.77. The van der Waals surface area contributed by atoms with Crippen molar-refractivity contribution in [3.63, 3.8) is 0 Å². The van der Waals surface area contributed by atoms with Crippen LogP contribution in [0.15, 0.2) is 44.5 Å². The van der Waals surface area contributed by atoms with Crippen molar-refractivity contribution in [1.82, 2.24) is 0 Å². The fourth-order valence-corrected chi connectivity index (χ4v) is 3.75. The van der Waals surface area contributed by atoms with Crippen LogP contribution in [0.1, 0.15) is 22.5 Å². The molecular formula is C18H17ClOS. The highest BCUT2D eigenvalue weighted by Crippen LogP contribution is 2.41. The Morgan fingerprint density at radius 2 is 1.62 bits per heavy atom. The summed E-state index contributed by atoms with van der Waals surface area (Å²) in [6, 6.07) is 10.2. The number of hydrogen-bond donors (Lipinski definition) is 0. The van der Waals surface area contributed by atoms with Crippen LogP contribution in [0.2, 0.25) is 5.02 Å². The molecule has 0 spiro atoms. The highest BCUT2D eigenvalue weighted by Gasteiger charge is 2.17. The van der Waals surface area contributed by atoms with Crippen LogP contribution >= 0.6 is 23.4 Å². The molecule has 2 aromatic carbocycles. The molecule has 108 valence electrons. The van der Waals surface area contributed by atoms with Crippen LogP contribution in [-0.4, -0.2) is 0 Å². The van der Waals surface area contributed by atoms with Gasteiger partial charge in [0.05, 0.1) is 4.90 Å². The average molecular weight is 317 g/mol. The van der Waals surface area contributed by atoms with Gasteiger partial charge in [-0.1, -0.05) is 29.4 Å². The summed E-state index contributed by atoms with van der Waals surface area (Å²) in [5.74, 6) is 0.974. The lowest BCUT2D eigenvalue weighted by atomic mass is 10.0. The van der Waals surface area contributed by atoms with Crippen molar-refractivity contribution in [2.75, 3.05) is 0 Å². The SMILES string of the molecule is Cc1cc(C)c2c(Sc3ccc(Cl)cc3)c(C)oc2c1C. The van der Waals surface area contributed by atoms with Gasteiger partial charge in [0.15, 0.2) is 0 Å². The minimum absolute atomic E-state index is 0.760. The zero-order valence-electron chi connectivity index (χ0n) is 12.6. The maximum absolute atomic E-state index is 6.04. The van der Waals surface area contributed by atoms with E-state index in [1.807, 2.05) is 31.2 Å². The third kappa shape index (κ3) is 2.58. The maximum Gasteiger partial charge on any atom is 0.138 e. The second-order valence-corrected chi connectivity index (χ2v) is 6.90. The number of rotatable bonds is 2. The van der Waals surface area contributed by atoms with E-state index < -0.39 is 0 Å². The Labute approximate surface area is 134 Å². The van der Waals surface area contributed by atoms with Gasteiger partial charge < -0.3 is 4.42 Å². The third-order valence-electron chi connectivity index (χ3n) is 3.82. The fourth-order valence-electron chi connectivity index (χ4n) is 2.58. The Morgan fingerprint density at radius 3 is 2.29 bits per heavy atom. The molecule has 0 radical (unpaired) electrons. The van der Waals surface area contributed by atoms with Gasteiger partial charge in [-0.05, 0) is 68.7 Å². The number of benzene rings is 2. The van der Waals surface area contributed by atoms with Gasteiger partial charge in [0.25, 0.3) is 0 Å². The molecule has 0 amide bonds. The first-order valence-corrected chi connectivity index (χ1v) is 8.10. The Balaban J connectivity index is 2.16. The number of hydrogen-bond acceptors (Lipinski definition) is 2. The van der Waals surface area contributed by atoms with E-state index in [0.717, 1.165) is 16.4 Å². The van der Waals surface area contributed by atoms with Crippen molar-refractivity contribution < 1.29 is 4.42 Å². The predicted octanol–water partition coefficient (Wildman–Crippen LogP) is 6.47. The zero-order valence-corrected chi connectivity index (χ0v) is 14.2. The largest absolute Gasteiger partial charge is 0.460 e. The van der Waals surface area contributed by atoms with Gasteiger partial charge in [0, 0.05) is 15.3 Å². The molecule has 0 fully saturated rings. The van der Waals surface area contributed by atoms with Crippen molar-refractivity contribution in [3.8, 4) is 0 Å². The highest BCUT2D eigenvalue weighted by atomic mass is 35.5. The molecule has 0 aliphatic rings. The van der Waals surface area contributed by atoms with Gasteiger partial charge in [-0.2, -0.15) is 0 Å². The first-order valence-electron chi connectivity index (χ1n) is 6.90. The Hall–Kier alpha value is -1.38. The molecule has 1 nitrogen and oxygen atoms in total. The molecule has 0 unspecified atom stereocenters. The molecule has 3 heteroatoms. The van der Waals surface area contributed by atoms with Crippen molar-refractivity contribution in [2.24, 2.45) is 0 Å². The Morgan fingerprint density at radius 1 is 0.952 bits per heavy atom. The van der Waals surface area contributed by atoms with E-state index >= 15 is 0 Å². The first kappa shape index (κ1) is 14.6. The van der Waals surface area contributed by atoms with E-state index in [1.165, 1.54) is 31.9 Å². The minimum atomic E-state index is 0.760. The zero-order chi connectivity index (χ0) is 15.1. The lowest BCUT2D eigenvalue weighted by Gasteiger charge is -2.06. The maximum atomic E-state index is 6.04. The summed E-state index contributed by atoms with van der Waals surface area (Å²) in [6.07, 6.45) is 0. The standard InChI is InChI=1S/C18H17ClOS/c1-10-9-11(2)16-17(12(10)3)20-13(4)18(16)21-15-7-5-14(19)6-8-15/h5-9H,1-4H3. The summed E-state index contributed by atoms with van der Waals surface area (Å²) in [5, 5.41) is 1.99. The van der Waals surface area contributed by atoms with E-state index in [1.54, 1.807) is 11.8 Å². The highest BCUT2D eigenvalue weighted by molar-refractivity contribution is 7.99. The quantitative estimate of drug-likeness (QED) is 0.537. The molecule has 0 aliphatic heterocycles. The van der Waals surface area contributed by atoms with Crippen LogP contribution in [0.4, 0.5) is 0 Å². The van der Waals surface area contributed by atoms with Crippen LogP contribution < -0.4 is 0 Å². The summed E-state index contributed by atoms with van der Waals surface area (Å²) in [4.78, 5) is 2.37. The fraction of sp³-hybridized carbons (Fsp3) is 0.222. The molecule has 1 heterocycles. The monoisotopic (exact) mass is 316 g/mol. The lowest BCUT2D eigenvalue weighted by molar-refractivity contribution is 0.566. The minimum Gasteiger partial charge on any atom is -0.460 e. The first-order chi connectivity index (χ1) is 9.97. The molecule has 0 atom stereocenters. The normalized spacial score (nSPS) is 11.3. The smallest absolute Gasteiger partial charge is 0.138 e. The van der Waals surface area contributed by atoms with Gasteiger partial charge in [0.2, 0.25) is 0 Å². The van der Waals surface area contributed by atoms with Gasteiger partial charge in [-0.15, -0.1) is 0 Å². The van der Waals surface area contributed by atoms with Crippen molar-refractivity contribution >= 4 is 34.3 Å². The summed E-state index contributed by atoms with van der Waals surface area (Å²) in [5.41, 5.74) is 4.78.